The van der Waals surface area contributed by atoms with Gasteiger partial charge < -0.3 is 5.32 Å². The molecular formula is C12H14BrN3O3S. The predicted molar refractivity (Wildman–Crippen MR) is 75.4 cm³/mol. The number of pyridine rings is 1. The molecule has 0 saturated carbocycles. The normalized spacial score (nSPS) is 27.1. The minimum absolute atomic E-state index is 0.0396. The summed E-state index contributed by atoms with van der Waals surface area (Å²) in [4.78, 5) is 15.8. The van der Waals surface area contributed by atoms with Crippen LogP contribution in [0.3, 0.4) is 0 Å². The zero-order valence-corrected chi connectivity index (χ0v) is 13.0. The molecule has 3 rings (SSSR count). The number of hydrogen-bond acceptors (Lipinski definition) is 4. The van der Waals surface area contributed by atoms with Crippen LogP contribution >= 0.6 is 15.9 Å². The molecule has 1 N–H and O–H groups in total. The third-order valence-electron chi connectivity index (χ3n) is 3.84. The predicted octanol–water partition coefficient (Wildman–Crippen LogP) is 0.743. The molecule has 0 aliphatic carbocycles. The van der Waals surface area contributed by atoms with Gasteiger partial charge in [-0.2, -0.15) is 4.31 Å². The topological polar surface area (TPSA) is 79.4 Å². The maximum atomic E-state index is 12.7. The first-order valence-electron chi connectivity index (χ1n) is 6.40. The highest BCUT2D eigenvalue weighted by Crippen LogP contribution is 2.32. The molecule has 2 unspecified atom stereocenters. The molecule has 108 valence electrons. The number of rotatable bonds is 2. The van der Waals surface area contributed by atoms with Gasteiger partial charge in [-0.1, -0.05) is 0 Å². The maximum absolute atomic E-state index is 12.7. The number of carbonyl (C=O) groups is 1. The largest absolute Gasteiger partial charge is 0.354 e. The number of amides is 1. The van der Waals surface area contributed by atoms with Gasteiger partial charge in [0.15, 0.2) is 0 Å². The lowest BCUT2D eigenvalue weighted by molar-refractivity contribution is -0.123. The van der Waals surface area contributed by atoms with Gasteiger partial charge in [0.2, 0.25) is 15.9 Å². The molecule has 3 heterocycles. The van der Waals surface area contributed by atoms with Gasteiger partial charge in [0, 0.05) is 30.0 Å². The fourth-order valence-electron chi connectivity index (χ4n) is 2.88. The monoisotopic (exact) mass is 359 g/mol. The Hall–Kier alpha value is -0.990. The summed E-state index contributed by atoms with van der Waals surface area (Å²) in [5, 5.41) is 2.76. The summed E-state index contributed by atoms with van der Waals surface area (Å²) in [6.45, 7) is 0.842. The van der Waals surface area contributed by atoms with Gasteiger partial charge in [-0.05, 0) is 34.8 Å². The van der Waals surface area contributed by atoms with Crippen molar-refractivity contribution >= 4 is 31.9 Å². The van der Waals surface area contributed by atoms with Crippen molar-refractivity contribution < 1.29 is 13.2 Å². The SMILES string of the molecule is O=C1NCC2C1CCCN2S(=O)(=O)c1cncc(Br)c1. The Morgan fingerprint density at radius 3 is 2.95 bits per heavy atom. The number of fused-ring (bicyclic) bond motifs is 1. The van der Waals surface area contributed by atoms with Crippen molar-refractivity contribution in [1.82, 2.24) is 14.6 Å². The van der Waals surface area contributed by atoms with E-state index in [2.05, 4.69) is 26.2 Å². The molecule has 2 fully saturated rings. The maximum Gasteiger partial charge on any atom is 0.244 e. The molecule has 2 aliphatic rings. The molecule has 2 saturated heterocycles. The Balaban J connectivity index is 1.97. The van der Waals surface area contributed by atoms with E-state index in [0.29, 0.717) is 24.0 Å². The second-order valence-corrected chi connectivity index (χ2v) is 7.82. The molecule has 2 aliphatic heterocycles. The number of aromatic nitrogens is 1. The molecular weight excluding hydrogens is 346 g/mol. The molecule has 2 atom stereocenters. The van der Waals surface area contributed by atoms with Crippen molar-refractivity contribution in [2.45, 2.75) is 23.8 Å². The highest BCUT2D eigenvalue weighted by molar-refractivity contribution is 9.10. The number of nitrogens with one attached hydrogen (secondary N) is 1. The van der Waals surface area contributed by atoms with Crippen LogP contribution < -0.4 is 5.32 Å². The standard InChI is InChI=1S/C12H14BrN3O3S/c13-8-4-9(6-14-5-8)20(18,19)16-3-1-2-10-11(16)7-15-12(10)17/h4-6,10-11H,1-3,7H2,(H,15,17). The van der Waals surface area contributed by atoms with Crippen LogP contribution in [0.4, 0.5) is 0 Å². The first kappa shape index (κ1) is 14.0. The summed E-state index contributed by atoms with van der Waals surface area (Å²) >= 11 is 3.23. The van der Waals surface area contributed by atoms with E-state index in [1.165, 1.54) is 16.6 Å². The van der Waals surface area contributed by atoms with Gasteiger partial charge in [0.1, 0.15) is 4.90 Å². The lowest BCUT2D eigenvalue weighted by Crippen LogP contribution is -2.48. The van der Waals surface area contributed by atoms with Gasteiger partial charge >= 0.3 is 0 Å². The van der Waals surface area contributed by atoms with Gasteiger partial charge in [0.25, 0.3) is 0 Å². The van der Waals surface area contributed by atoms with Crippen LogP contribution in [0.2, 0.25) is 0 Å². The highest BCUT2D eigenvalue weighted by Gasteiger charge is 2.45. The molecule has 8 heteroatoms. The lowest BCUT2D eigenvalue weighted by Gasteiger charge is -2.34. The number of halogens is 1. The van der Waals surface area contributed by atoms with E-state index < -0.39 is 10.0 Å². The van der Waals surface area contributed by atoms with Gasteiger partial charge in [0.05, 0.1) is 12.0 Å². The van der Waals surface area contributed by atoms with Crippen LogP contribution in [-0.4, -0.2) is 42.7 Å². The Morgan fingerprint density at radius 2 is 2.20 bits per heavy atom. The average Bonchev–Trinajstić information content (AvgIpc) is 2.80. The Kier molecular flexibility index (Phi) is 3.55. The van der Waals surface area contributed by atoms with Crippen LogP contribution in [0.25, 0.3) is 0 Å². The first-order valence-corrected chi connectivity index (χ1v) is 8.63. The number of sulfonamides is 1. The second kappa shape index (κ2) is 5.09. The fourth-order valence-corrected chi connectivity index (χ4v) is 5.08. The molecule has 1 amide bonds. The molecule has 6 nitrogen and oxygen atoms in total. The first-order chi connectivity index (χ1) is 9.50. The smallest absolute Gasteiger partial charge is 0.244 e. The van der Waals surface area contributed by atoms with E-state index in [0.717, 1.165) is 6.42 Å². The van der Waals surface area contributed by atoms with Crippen LogP contribution in [-0.2, 0) is 14.8 Å². The van der Waals surface area contributed by atoms with Crippen LogP contribution in [0.15, 0.2) is 27.8 Å². The number of nitrogens with zero attached hydrogens (tertiary/aromatic N) is 2. The van der Waals surface area contributed by atoms with E-state index >= 15 is 0 Å². The van der Waals surface area contributed by atoms with Crippen molar-refractivity contribution in [3.05, 3.63) is 22.9 Å². The second-order valence-electron chi connectivity index (χ2n) is 5.02. The van der Waals surface area contributed by atoms with Crippen molar-refractivity contribution in [2.24, 2.45) is 5.92 Å². The summed E-state index contributed by atoms with van der Waals surface area (Å²) in [6, 6.07) is 1.26. The summed E-state index contributed by atoms with van der Waals surface area (Å²) < 4.78 is 27.5. The minimum atomic E-state index is -3.61. The zero-order valence-electron chi connectivity index (χ0n) is 10.6. The molecule has 0 bridgehead atoms. The molecule has 0 radical (unpaired) electrons. The average molecular weight is 360 g/mol. The van der Waals surface area contributed by atoms with Crippen molar-refractivity contribution in [3.63, 3.8) is 0 Å². The molecule has 1 aromatic heterocycles. The third-order valence-corrected chi connectivity index (χ3v) is 6.16. The Labute approximate surface area is 125 Å². The Morgan fingerprint density at radius 1 is 1.40 bits per heavy atom. The van der Waals surface area contributed by atoms with Gasteiger partial charge in [-0.15, -0.1) is 0 Å². The number of hydrogen-bond donors (Lipinski definition) is 1. The third kappa shape index (κ3) is 2.25. The van der Waals surface area contributed by atoms with Crippen molar-refractivity contribution in [2.75, 3.05) is 13.1 Å². The molecule has 20 heavy (non-hydrogen) atoms. The summed E-state index contributed by atoms with van der Waals surface area (Å²) in [5.74, 6) is -0.263. The van der Waals surface area contributed by atoms with E-state index in [-0.39, 0.29) is 22.8 Å². The number of piperidine rings is 1. The fraction of sp³-hybridized carbons (Fsp3) is 0.500. The van der Waals surface area contributed by atoms with E-state index in [1.54, 1.807) is 6.20 Å². The van der Waals surface area contributed by atoms with Crippen LogP contribution in [0.5, 0.6) is 0 Å². The minimum Gasteiger partial charge on any atom is -0.354 e. The van der Waals surface area contributed by atoms with Gasteiger partial charge in [-0.25, -0.2) is 8.42 Å². The van der Waals surface area contributed by atoms with E-state index in [1.807, 2.05) is 0 Å². The van der Waals surface area contributed by atoms with E-state index in [9.17, 15) is 13.2 Å². The number of carbonyl (C=O) groups excluding carboxylic acids is 1. The highest BCUT2D eigenvalue weighted by atomic mass is 79.9. The quantitative estimate of drug-likeness (QED) is 0.844. The van der Waals surface area contributed by atoms with Crippen LogP contribution in [0, 0.1) is 5.92 Å². The molecule has 0 aromatic carbocycles. The van der Waals surface area contributed by atoms with Crippen molar-refractivity contribution in [3.8, 4) is 0 Å². The van der Waals surface area contributed by atoms with Crippen LogP contribution in [0.1, 0.15) is 12.8 Å². The summed E-state index contributed by atoms with van der Waals surface area (Å²) in [6.07, 6.45) is 4.33. The van der Waals surface area contributed by atoms with Crippen molar-refractivity contribution in [1.29, 1.82) is 0 Å². The Bertz CT molecular complexity index is 649. The molecule has 1 aromatic rings. The molecule has 0 spiro atoms. The summed E-state index contributed by atoms with van der Waals surface area (Å²) in [5.41, 5.74) is 0. The van der Waals surface area contributed by atoms with E-state index in [4.69, 9.17) is 0 Å². The summed E-state index contributed by atoms with van der Waals surface area (Å²) in [7, 11) is -3.61. The van der Waals surface area contributed by atoms with Gasteiger partial charge in [-0.3, -0.25) is 9.78 Å². The zero-order chi connectivity index (χ0) is 14.3. The lowest BCUT2D eigenvalue weighted by atomic mass is 9.93.